The molecule has 3 unspecified atom stereocenters. The molecule has 0 aliphatic carbocycles. The maximum Gasteiger partial charge on any atom is 0.261 e. The van der Waals surface area contributed by atoms with Crippen molar-refractivity contribution in [2.24, 2.45) is 0 Å². The Morgan fingerprint density at radius 1 is 1.38 bits per heavy atom. The summed E-state index contributed by atoms with van der Waals surface area (Å²) in [5.74, 6) is 0.0541. The Labute approximate surface area is 131 Å². The topological polar surface area (TPSA) is 54.3 Å². The minimum Gasteiger partial charge on any atom is -0.471 e. The molecule has 2 aliphatic rings. The number of amides is 1. The van der Waals surface area contributed by atoms with Gasteiger partial charge in [-0.05, 0) is 37.5 Å². The molecule has 2 N–H and O–H groups in total. The summed E-state index contributed by atoms with van der Waals surface area (Å²) >= 11 is 3.15. The minimum absolute atomic E-state index is 0.0541. The Kier molecular flexibility index (Phi) is 3.52. The molecular formula is C15H16N2O2S2. The zero-order chi connectivity index (χ0) is 14.2. The summed E-state index contributed by atoms with van der Waals surface area (Å²) in [5, 5.41) is 6.72. The van der Waals surface area contributed by atoms with Gasteiger partial charge in [-0.15, -0.1) is 11.3 Å². The van der Waals surface area contributed by atoms with Crippen LogP contribution in [0.4, 0.5) is 0 Å². The minimum atomic E-state index is 0.0541. The number of fused-ring (bicyclic) bond motifs is 2. The summed E-state index contributed by atoms with van der Waals surface area (Å²) < 4.78 is 6.16. The number of rotatable bonds is 4. The number of hydrogen-bond donors (Lipinski definition) is 2. The molecule has 0 aromatic carbocycles. The van der Waals surface area contributed by atoms with Crippen LogP contribution in [0.15, 0.2) is 44.2 Å². The van der Waals surface area contributed by atoms with Crippen LogP contribution in [-0.2, 0) is 0 Å². The monoisotopic (exact) mass is 320 g/mol. The number of nitrogens with one attached hydrogen (secondary N) is 2. The molecule has 1 amide bonds. The Bertz CT molecular complexity index is 638. The largest absolute Gasteiger partial charge is 0.471 e. The molecule has 6 heteroatoms. The van der Waals surface area contributed by atoms with Crippen LogP contribution < -0.4 is 10.6 Å². The summed E-state index contributed by atoms with van der Waals surface area (Å²) in [6.07, 6.45) is 6.87. The predicted molar refractivity (Wildman–Crippen MR) is 83.0 cm³/mol. The Morgan fingerprint density at radius 2 is 2.33 bits per heavy atom. The first-order valence-corrected chi connectivity index (χ1v) is 8.78. The molecule has 2 saturated heterocycles. The summed E-state index contributed by atoms with van der Waals surface area (Å²) in [7, 11) is 0. The lowest BCUT2D eigenvalue weighted by atomic mass is 9.95. The normalized spacial score (nSPS) is 27.1. The summed E-state index contributed by atoms with van der Waals surface area (Å²) in [4.78, 5) is 14.2. The Balaban J connectivity index is 1.39. The van der Waals surface area contributed by atoms with Gasteiger partial charge in [-0.1, -0.05) is 11.8 Å². The standard InChI is InChI=1S/C15H16N2O2S2/c18-15(17-12-7-9-1-2-11(12)16-9)13-3-4-14(21-13)20-10-5-6-19-8-10/h3-6,8-9,11-12,16H,1-2,7H2,(H,17,18). The molecule has 4 heterocycles. The van der Waals surface area contributed by atoms with E-state index in [0.717, 1.165) is 20.4 Å². The van der Waals surface area contributed by atoms with Crippen molar-refractivity contribution in [3.05, 3.63) is 35.6 Å². The molecule has 0 spiro atoms. The van der Waals surface area contributed by atoms with Crippen molar-refractivity contribution < 1.29 is 9.21 Å². The second-order valence-electron chi connectivity index (χ2n) is 5.54. The van der Waals surface area contributed by atoms with E-state index in [2.05, 4.69) is 10.6 Å². The third-order valence-corrected chi connectivity index (χ3v) is 6.32. The number of hydrogen-bond acceptors (Lipinski definition) is 5. The lowest BCUT2D eigenvalue weighted by Crippen LogP contribution is -2.42. The average Bonchev–Trinajstić information content (AvgIpc) is 3.24. The van der Waals surface area contributed by atoms with Gasteiger partial charge in [0.15, 0.2) is 0 Å². The molecule has 4 nitrogen and oxygen atoms in total. The first kappa shape index (κ1) is 13.4. The molecule has 2 aromatic heterocycles. The SMILES string of the molecule is O=C(NC1CC2CCC1N2)c1ccc(Sc2ccoc2)s1. The lowest BCUT2D eigenvalue weighted by molar-refractivity contribution is 0.0935. The maximum absolute atomic E-state index is 12.3. The highest BCUT2D eigenvalue weighted by Crippen LogP contribution is 2.34. The van der Waals surface area contributed by atoms with Crippen LogP contribution in [-0.4, -0.2) is 24.0 Å². The van der Waals surface area contributed by atoms with Gasteiger partial charge in [-0.25, -0.2) is 0 Å². The van der Waals surface area contributed by atoms with Crippen LogP contribution in [0.3, 0.4) is 0 Å². The van der Waals surface area contributed by atoms with Crippen molar-refractivity contribution in [1.29, 1.82) is 0 Å². The fourth-order valence-corrected chi connectivity index (χ4v) is 5.11. The van der Waals surface area contributed by atoms with Gasteiger partial charge in [-0.3, -0.25) is 4.79 Å². The average molecular weight is 320 g/mol. The summed E-state index contributed by atoms with van der Waals surface area (Å²) in [6.45, 7) is 0. The third-order valence-electron chi connectivity index (χ3n) is 4.14. The molecule has 4 rings (SSSR count). The first-order chi connectivity index (χ1) is 10.3. The van der Waals surface area contributed by atoms with Crippen LogP contribution >= 0.6 is 23.1 Å². The van der Waals surface area contributed by atoms with E-state index >= 15 is 0 Å². The van der Waals surface area contributed by atoms with E-state index in [0.29, 0.717) is 18.1 Å². The number of carbonyl (C=O) groups excluding carboxylic acids is 1. The zero-order valence-electron chi connectivity index (χ0n) is 11.4. The second-order valence-corrected chi connectivity index (χ2v) is 8.00. The molecular weight excluding hydrogens is 304 g/mol. The molecule has 0 radical (unpaired) electrons. The van der Waals surface area contributed by atoms with Crippen LogP contribution in [0.2, 0.25) is 0 Å². The fraction of sp³-hybridized carbons (Fsp3) is 0.400. The number of thiophene rings is 1. The van der Waals surface area contributed by atoms with Gasteiger partial charge in [0.2, 0.25) is 0 Å². The van der Waals surface area contributed by atoms with Gasteiger partial charge in [0.05, 0.1) is 20.2 Å². The van der Waals surface area contributed by atoms with Crippen LogP contribution in [0.5, 0.6) is 0 Å². The van der Waals surface area contributed by atoms with Crippen molar-refractivity contribution in [1.82, 2.24) is 10.6 Å². The van der Waals surface area contributed by atoms with Crippen molar-refractivity contribution in [3.8, 4) is 0 Å². The summed E-state index contributed by atoms with van der Waals surface area (Å²) in [5.41, 5.74) is 0. The van der Waals surface area contributed by atoms with Gasteiger partial charge in [0, 0.05) is 18.1 Å². The van der Waals surface area contributed by atoms with Crippen molar-refractivity contribution in [3.63, 3.8) is 0 Å². The van der Waals surface area contributed by atoms with Crippen molar-refractivity contribution in [2.75, 3.05) is 0 Å². The zero-order valence-corrected chi connectivity index (χ0v) is 13.0. The van der Waals surface area contributed by atoms with E-state index in [1.807, 2.05) is 18.2 Å². The molecule has 2 fully saturated rings. The third kappa shape index (κ3) is 2.75. The number of carbonyl (C=O) groups is 1. The quantitative estimate of drug-likeness (QED) is 0.909. The lowest BCUT2D eigenvalue weighted by Gasteiger charge is -2.20. The highest BCUT2D eigenvalue weighted by atomic mass is 32.2. The van der Waals surface area contributed by atoms with Gasteiger partial charge in [0.1, 0.15) is 6.26 Å². The Morgan fingerprint density at radius 3 is 3.05 bits per heavy atom. The van der Waals surface area contributed by atoms with E-state index in [9.17, 15) is 4.79 Å². The van der Waals surface area contributed by atoms with Crippen LogP contribution in [0.25, 0.3) is 0 Å². The molecule has 3 atom stereocenters. The molecule has 2 aromatic rings. The van der Waals surface area contributed by atoms with E-state index in [1.54, 1.807) is 24.3 Å². The van der Waals surface area contributed by atoms with Gasteiger partial charge in [-0.2, -0.15) is 0 Å². The van der Waals surface area contributed by atoms with Gasteiger partial charge < -0.3 is 15.1 Å². The van der Waals surface area contributed by atoms with E-state index < -0.39 is 0 Å². The van der Waals surface area contributed by atoms with Gasteiger partial charge in [0.25, 0.3) is 5.91 Å². The molecule has 2 aliphatic heterocycles. The molecule has 0 saturated carbocycles. The predicted octanol–water partition coefficient (Wildman–Crippen LogP) is 3.12. The molecule has 21 heavy (non-hydrogen) atoms. The second kappa shape index (κ2) is 5.51. The summed E-state index contributed by atoms with van der Waals surface area (Å²) in [6, 6.07) is 7.20. The number of furan rings is 1. The van der Waals surface area contributed by atoms with Crippen LogP contribution in [0.1, 0.15) is 28.9 Å². The Hall–Kier alpha value is -1.24. The van der Waals surface area contributed by atoms with E-state index in [-0.39, 0.29) is 5.91 Å². The maximum atomic E-state index is 12.3. The molecule has 110 valence electrons. The van der Waals surface area contributed by atoms with Crippen LogP contribution in [0, 0.1) is 0 Å². The van der Waals surface area contributed by atoms with E-state index in [1.165, 1.54) is 24.2 Å². The van der Waals surface area contributed by atoms with Crippen molar-refractivity contribution >= 4 is 29.0 Å². The molecule has 2 bridgehead atoms. The highest BCUT2D eigenvalue weighted by molar-refractivity contribution is 8.01. The van der Waals surface area contributed by atoms with E-state index in [4.69, 9.17) is 4.42 Å². The smallest absolute Gasteiger partial charge is 0.261 e. The first-order valence-electron chi connectivity index (χ1n) is 7.15. The fourth-order valence-electron chi connectivity index (χ4n) is 3.15. The van der Waals surface area contributed by atoms with Gasteiger partial charge >= 0.3 is 0 Å². The highest BCUT2D eigenvalue weighted by Gasteiger charge is 2.39. The van der Waals surface area contributed by atoms with Crippen molar-refractivity contribution in [2.45, 2.75) is 46.5 Å².